The Labute approximate surface area is 134 Å². The quantitative estimate of drug-likeness (QED) is 0.862. The lowest BCUT2D eigenvalue weighted by molar-refractivity contribution is 0.0696. The lowest BCUT2D eigenvalue weighted by atomic mass is 10.0. The van der Waals surface area contributed by atoms with Gasteiger partial charge in [-0.2, -0.15) is 0 Å². The van der Waals surface area contributed by atoms with Crippen LogP contribution in [0, 0.1) is 6.92 Å². The Balaban J connectivity index is 2.25. The second-order valence-corrected chi connectivity index (χ2v) is 5.38. The molecule has 0 fully saturated rings. The first-order valence-electron chi connectivity index (χ1n) is 7.06. The summed E-state index contributed by atoms with van der Waals surface area (Å²) in [6.45, 7) is 2.06. The third-order valence-electron chi connectivity index (χ3n) is 3.47. The molecule has 0 heterocycles. The summed E-state index contributed by atoms with van der Waals surface area (Å²) in [6.07, 6.45) is 0.649. The summed E-state index contributed by atoms with van der Waals surface area (Å²) >= 11 is 0. The molecule has 0 aliphatic rings. The van der Waals surface area contributed by atoms with E-state index in [2.05, 4.69) is 0 Å². The minimum absolute atomic E-state index is 0.189. The van der Waals surface area contributed by atoms with E-state index < -0.39 is 5.97 Å². The first-order valence-corrected chi connectivity index (χ1v) is 7.06. The second-order valence-electron chi connectivity index (χ2n) is 5.38. The van der Waals surface area contributed by atoms with Gasteiger partial charge in [0.15, 0.2) is 6.29 Å². The van der Waals surface area contributed by atoms with Crippen LogP contribution in [-0.2, 0) is 6.54 Å². The van der Waals surface area contributed by atoms with Crippen molar-refractivity contribution in [2.24, 2.45) is 0 Å². The van der Waals surface area contributed by atoms with Crippen LogP contribution in [0.4, 0.5) is 0 Å². The molecule has 0 saturated heterocycles. The van der Waals surface area contributed by atoms with Gasteiger partial charge >= 0.3 is 5.97 Å². The maximum Gasteiger partial charge on any atom is 0.335 e. The van der Waals surface area contributed by atoms with E-state index in [1.54, 1.807) is 50.4 Å². The summed E-state index contributed by atoms with van der Waals surface area (Å²) in [4.78, 5) is 36.1. The van der Waals surface area contributed by atoms with Crippen molar-refractivity contribution in [2.75, 3.05) is 7.05 Å². The maximum atomic E-state index is 12.5. The van der Waals surface area contributed by atoms with Crippen LogP contribution in [0.5, 0.6) is 0 Å². The topological polar surface area (TPSA) is 74.7 Å². The van der Waals surface area contributed by atoms with E-state index in [1.165, 1.54) is 4.90 Å². The first kappa shape index (κ1) is 16.4. The van der Waals surface area contributed by atoms with Crippen LogP contribution in [0.1, 0.15) is 42.2 Å². The van der Waals surface area contributed by atoms with Gasteiger partial charge in [-0.15, -0.1) is 0 Å². The fourth-order valence-electron chi connectivity index (χ4n) is 2.42. The van der Waals surface area contributed by atoms with Crippen molar-refractivity contribution in [1.29, 1.82) is 0 Å². The number of nitrogens with zero attached hydrogens (tertiary/aromatic N) is 1. The third kappa shape index (κ3) is 3.83. The molecule has 0 aliphatic heterocycles. The number of aldehydes is 1. The average Bonchev–Trinajstić information content (AvgIpc) is 2.53. The van der Waals surface area contributed by atoms with Crippen LogP contribution in [0.3, 0.4) is 0 Å². The zero-order valence-electron chi connectivity index (χ0n) is 12.9. The summed E-state index contributed by atoms with van der Waals surface area (Å²) in [6, 6.07) is 11.5. The Morgan fingerprint density at radius 3 is 2.52 bits per heavy atom. The number of carboxylic acids is 1. The molecule has 0 aromatic heterocycles. The lowest BCUT2D eigenvalue weighted by Gasteiger charge is -2.19. The summed E-state index contributed by atoms with van der Waals surface area (Å²) in [7, 11) is 1.62. The van der Waals surface area contributed by atoms with E-state index in [4.69, 9.17) is 5.11 Å². The minimum Gasteiger partial charge on any atom is -0.478 e. The van der Waals surface area contributed by atoms with Crippen molar-refractivity contribution in [3.05, 3.63) is 70.3 Å². The molecular formula is C18H17NO4. The Morgan fingerprint density at radius 1 is 1.17 bits per heavy atom. The van der Waals surface area contributed by atoms with Crippen molar-refractivity contribution < 1.29 is 19.5 Å². The van der Waals surface area contributed by atoms with Gasteiger partial charge in [0.1, 0.15) is 0 Å². The zero-order chi connectivity index (χ0) is 17.0. The van der Waals surface area contributed by atoms with Gasteiger partial charge in [0, 0.05) is 19.2 Å². The number of carbonyl (C=O) groups is 3. The number of hydrogen-bond acceptors (Lipinski definition) is 3. The fraction of sp³-hybridized carbons (Fsp3) is 0.167. The number of hydrogen-bond donors (Lipinski definition) is 1. The van der Waals surface area contributed by atoms with Crippen molar-refractivity contribution in [2.45, 2.75) is 13.5 Å². The average molecular weight is 311 g/mol. The van der Waals surface area contributed by atoms with Crippen molar-refractivity contribution in [3.63, 3.8) is 0 Å². The van der Waals surface area contributed by atoms with Crippen molar-refractivity contribution >= 4 is 18.2 Å². The number of carboxylic acid groups (broad SMARTS) is 1. The van der Waals surface area contributed by atoms with Crippen LogP contribution in [-0.4, -0.2) is 35.2 Å². The Morgan fingerprint density at radius 2 is 1.87 bits per heavy atom. The lowest BCUT2D eigenvalue weighted by Crippen LogP contribution is -2.27. The van der Waals surface area contributed by atoms with Crippen LogP contribution in [0.25, 0.3) is 0 Å². The molecular weight excluding hydrogens is 294 g/mol. The van der Waals surface area contributed by atoms with Gasteiger partial charge in [-0.25, -0.2) is 4.79 Å². The first-order chi connectivity index (χ1) is 10.9. The van der Waals surface area contributed by atoms with Gasteiger partial charge in [0.05, 0.1) is 11.1 Å². The highest BCUT2D eigenvalue weighted by Crippen LogP contribution is 2.15. The number of rotatable bonds is 5. The summed E-state index contributed by atoms with van der Waals surface area (Å²) in [5.41, 5.74) is 2.39. The smallest absolute Gasteiger partial charge is 0.335 e. The van der Waals surface area contributed by atoms with Crippen LogP contribution >= 0.6 is 0 Å². The van der Waals surface area contributed by atoms with Gasteiger partial charge in [0.2, 0.25) is 0 Å². The highest BCUT2D eigenvalue weighted by molar-refractivity contribution is 6.01. The molecule has 118 valence electrons. The standard InChI is InChI=1S/C18H17NO4/c1-12-7-13(9-15(8-12)18(22)23)10-19(2)17(21)16-6-4-3-5-14(16)11-20/h3-9,11H,10H2,1-2H3,(H,22,23). The molecule has 0 spiro atoms. The van der Waals surface area contributed by atoms with E-state index in [0.29, 0.717) is 17.4 Å². The molecule has 5 nitrogen and oxygen atoms in total. The molecule has 5 heteroatoms. The van der Waals surface area contributed by atoms with E-state index in [0.717, 1.165) is 11.1 Å². The van der Waals surface area contributed by atoms with E-state index in [-0.39, 0.29) is 18.0 Å². The van der Waals surface area contributed by atoms with Crippen LogP contribution in [0.15, 0.2) is 42.5 Å². The SMILES string of the molecule is Cc1cc(CN(C)C(=O)c2ccccc2C=O)cc(C(=O)O)c1. The van der Waals surface area contributed by atoms with Crippen molar-refractivity contribution in [3.8, 4) is 0 Å². The van der Waals surface area contributed by atoms with Gasteiger partial charge in [-0.05, 0) is 36.2 Å². The Hall–Kier alpha value is -2.95. The molecule has 0 bridgehead atoms. The molecule has 0 unspecified atom stereocenters. The number of amides is 1. The number of benzene rings is 2. The second kappa shape index (κ2) is 6.87. The molecule has 0 radical (unpaired) electrons. The molecule has 2 aromatic carbocycles. The van der Waals surface area contributed by atoms with E-state index >= 15 is 0 Å². The van der Waals surface area contributed by atoms with E-state index in [9.17, 15) is 14.4 Å². The predicted octanol–water partition coefficient (Wildman–Crippen LogP) is 2.78. The Kier molecular flexibility index (Phi) is 4.91. The maximum absolute atomic E-state index is 12.5. The summed E-state index contributed by atoms with van der Waals surface area (Å²) in [5.74, 6) is -1.29. The van der Waals surface area contributed by atoms with Gasteiger partial charge in [-0.3, -0.25) is 9.59 Å². The molecule has 2 aromatic rings. The number of aromatic carboxylic acids is 1. The van der Waals surface area contributed by atoms with Crippen LogP contribution in [0.2, 0.25) is 0 Å². The number of carbonyl (C=O) groups excluding carboxylic acids is 2. The molecule has 0 saturated carbocycles. The third-order valence-corrected chi connectivity index (χ3v) is 3.47. The van der Waals surface area contributed by atoms with Gasteiger partial charge in [-0.1, -0.05) is 24.3 Å². The monoisotopic (exact) mass is 311 g/mol. The number of aryl methyl sites for hydroxylation is 1. The Bertz CT molecular complexity index is 767. The molecule has 23 heavy (non-hydrogen) atoms. The largest absolute Gasteiger partial charge is 0.478 e. The molecule has 2 rings (SSSR count). The molecule has 0 aliphatic carbocycles. The minimum atomic E-state index is -1.00. The van der Waals surface area contributed by atoms with E-state index in [1.807, 2.05) is 6.07 Å². The zero-order valence-corrected chi connectivity index (χ0v) is 12.9. The predicted molar refractivity (Wildman–Crippen MR) is 85.8 cm³/mol. The highest BCUT2D eigenvalue weighted by Gasteiger charge is 2.16. The summed E-state index contributed by atoms with van der Waals surface area (Å²) in [5, 5.41) is 9.10. The summed E-state index contributed by atoms with van der Waals surface area (Å²) < 4.78 is 0. The molecule has 0 atom stereocenters. The molecule has 1 N–H and O–H groups in total. The fourth-order valence-corrected chi connectivity index (χ4v) is 2.42. The van der Waals surface area contributed by atoms with Gasteiger partial charge in [0.25, 0.3) is 5.91 Å². The van der Waals surface area contributed by atoms with Gasteiger partial charge < -0.3 is 10.0 Å². The normalized spacial score (nSPS) is 10.2. The van der Waals surface area contributed by atoms with Crippen LogP contribution < -0.4 is 0 Å². The molecule has 1 amide bonds. The highest BCUT2D eigenvalue weighted by atomic mass is 16.4. The van der Waals surface area contributed by atoms with Crippen molar-refractivity contribution in [1.82, 2.24) is 4.90 Å².